The van der Waals surface area contributed by atoms with Crippen molar-refractivity contribution in [2.24, 2.45) is 0 Å². The molecule has 0 radical (unpaired) electrons. The molecule has 0 aliphatic heterocycles. The molecule has 0 aliphatic rings. The Kier molecular flexibility index (Phi) is 6.88. The number of benzene rings is 6. The number of fused-ring (bicyclic) bond motifs is 1. The van der Waals surface area contributed by atoms with Crippen LogP contribution in [0.5, 0.6) is 0 Å². The van der Waals surface area contributed by atoms with Crippen molar-refractivity contribution in [1.29, 1.82) is 0 Å². The molecule has 1 nitrogen and oxygen atoms in total. The fourth-order valence-corrected chi connectivity index (χ4v) is 5.65. The van der Waals surface area contributed by atoms with Crippen LogP contribution in [0, 0.1) is 11.6 Å². The molecular formula is C38H31F2N. The van der Waals surface area contributed by atoms with Crippen LogP contribution >= 0.6 is 0 Å². The van der Waals surface area contributed by atoms with E-state index in [-0.39, 0.29) is 0 Å². The maximum absolute atomic E-state index is 16.2. The van der Waals surface area contributed by atoms with Gasteiger partial charge in [0.15, 0.2) is 0 Å². The number of nitrogens with zero attached hydrogens (tertiary/aromatic N) is 1. The molecule has 0 atom stereocenters. The van der Waals surface area contributed by atoms with Crippen molar-refractivity contribution in [3.05, 3.63) is 145 Å². The fourth-order valence-electron chi connectivity index (χ4n) is 5.65. The Morgan fingerprint density at radius 2 is 1.05 bits per heavy atom. The largest absolute Gasteiger partial charge is 0.331 e. The predicted molar refractivity (Wildman–Crippen MR) is 169 cm³/mol. The van der Waals surface area contributed by atoms with E-state index in [1.807, 2.05) is 69.3 Å². The Balaban J connectivity index is 1.60. The Morgan fingerprint density at radius 1 is 0.463 bits per heavy atom. The van der Waals surface area contributed by atoms with E-state index >= 15 is 8.78 Å². The van der Waals surface area contributed by atoms with Gasteiger partial charge in [0.1, 0.15) is 11.6 Å². The topological polar surface area (TPSA) is 3.24 Å². The molecule has 0 unspecified atom stereocenters. The fraction of sp³-hybridized carbons (Fsp3) is 0.105. The van der Waals surface area contributed by atoms with Gasteiger partial charge in [0.05, 0.1) is 11.4 Å². The van der Waals surface area contributed by atoms with E-state index in [4.69, 9.17) is 0 Å². The van der Waals surface area contributed by atoms with Gasteiger partial charge >= 0.3 is 0 Å². The summed E-state index contributed by atoms with van der Waals surface area (Å²) in [6, 6.07) is 42.9. The highest BCUT2D eigenvalue weighted by Crippen LogP contribution is 2.43. The first-order chi connectivity index (χ1) is 19.8. The lowest BCUT2D eigenvalue weighted by Crippen LogP contribution is -2.38. The second-order valence-electron chi connectivity index (χ2n) is 11.3. The Hall–Kier alpha value is -4.76. The first-order valence-electron chi connectivity index (χ1n) is 13.8. The molecule has 202 valence electrons. The highest BCUT2D eigenvalue weighted by Gasteiger charge is 2.29. The van der Waals surface area contributed by atoms with Crippen molar-refractivity contribution < 1.29 is 8.78 Å². The number of hydrogen-bond acceptors (Lipinski definition) is 1. The average Bonchev–Trinajstić information content (AvgIpc) is 2.98. The summed E-state index contributed by atoms with van der Waals surface area (Å²) in [4.78, 5) is 1.75. The smallest absolute Gasteiger partial charge is 0.147 e. The number of anilines is 2. The quantitative estimate of drug-likeness (QED) is 0.211. The van der Waals surface area contributed by atoms with E-state index in [2.05, 4.69) is 54.6 Å². The molecule has 6 aromatic rings. The first kappa shape index (κ1) is 26.5. The molecule has 3 heteroatoms. The zero-order chi connectivity index (χ0) is 28.6. The predicted octanol–water partition coefficient (Wildman–Crippen LogP) is 11.1. The second kappa shape index (κ2) is 10.7. The third-order valence-corrected chi connectivity index (χ3v) is 7.45. The van der Waals surface area contributed by atoms with Crippen LogP contribution in [-0.4, -0.2) is 5.54 Å². The molecule has 0 saturated heterocycles. The molecule has 0 saturated carbocycles. The summed E-state index contributed by atoms with van der Waals surface area (Å²) in [5, 5.41) is 2.35. The molecule has 41 heavy (non-hydrogen) atoms. The standard InChI is InChI=1S/C38H31F2N/c1-38(2,3)41(36-22-10-9-21-34(36)39)37-25-33(32(24-35(37)40)27-13-5-4-6-14-27)29-18-11-17-28(23-29)31-20-12-16-26-15-7-8-19-30(26)31/h4-25H,1-3H3. The van der Waals surface area contributed by atoms with Gasteiger partial charge in [-0.3, -0.25) is 0 Å². The lowest BCUT2D eigenvalue weighted by Gasteiger charge is -2.38. The van der Waals surface area contributed by atoms with Gasteiger partial charge in [-0.1, -0.05) is 103 Å². The maximum atomic E-state index is 16.2. The molecule has 0 amide bonds. The molecule has 0 N–H and O–H groups in total. The summed E-state index contributed by atoms with van der Waals surface area (Å²) in [7, 11) is 0. The lowest BCUT2D eigenvalue weighted by molar-refractivity contribution is 0.527. The summed E-state index contributed by atoms with van der Waals surface area (Å²) in [6.07, 6.45) is 0. The van der Waals surface area contributed by atoms with Gasteiger partial charge < -0.3 is 4.90 Å². The number of rotatable bonds is 5. The van der Waals surface area contributed by atoms with Crippen molar-refractivity contribution in [2.45, 2.75) is 26.3 Å². The molecule has 6 rings (SSSR count). The Bertz CT molecular complexity index is 1850. The number of hydrogen-bond donors (Lipinski definition) is 0. The van der Waals surface area contributed by atoms with Gasteiger partial charge in [0, 0.05) is 5.54 Å². The molecule has 0 bridgehead atoms. The molecular weight excluding hydrogens is 508 g/mol. The summed E-state index contributed by atoms with van der Waals surface area (Å²) in [5.41, 5.74) is 5.80. The van der Waals surface area contributed by atoms with Crippen LogP contribution in [0.1, 0.15) is 20.8 Å². The van der Waals surface area contributed by atoms with Crippen LogP contribution in [0.15, 0.2) is 133 Å². The second-order valence-corrected chi connectivity index (χ2v) is 11.3. The van der Waals surface area contributed by atoms with E-state index < -0.39 is 17.2 Å². The normalized spacial score (nSPS) is 11.5. The minimum atomic E-state index is -0.598. The SMILES string of the molecule is CC(C)(C)N(c1ccccc1F)c1cc(-c2cccc(-c3cccc4ccccc34)c2)c(-c2ccccc2)cc1F. The lowest BCUT2D eigenvalue weighted by atomic mass is 9.90. The van der Waals surface area contributed by atoms with Gasteiger partial charge in [-0.2, -0.15) is 0 Å². The third-order valence-electron chi connectivity index (χ3n) is 7.45. The highest BCUT2D eigenvalue weighted by atomic mass is 19.1. The average molecular weight is 540 g/mol. The summed E-state index contributed by atoms with van der Waals surface area (Å²) >= 11 is 0. The van der Waals surface area contributed by atoms with Crippen LogP contribution in [0.25, 0.3) is 44.2 Å². The minimum Gasteiger partial charge on any atom is -0.331 e. The maximum Gasteiger partial charge on any atom is 0.147 e. The van der Waals surface area contributed by atoms with Gasteiger partial charge in [0.2, 0.25) is 0 Å². The van der Waals surface area contributed by atoms with E-state index in [1.54, 1.807) is 29.2 Å². The van der Waals surface area contributed by atoms with Gasteiger partial charge in [-0.05, 0) is 95.3 Å². The van der Waals surface area contributed by atoms with Crippen molar-refractivity contribution in [3.8, 4) is 33.4 Å². The van der Waals surface area contributed by atoms with Crippen LogP contribution in [0.3, 0.4) is 0 Å². The van der Waals surface area contributed by atoms with E-state index in [0.717, 1.165) is 33.4 Å². The monoisotopic (exact) mass is 539 g/mol. The number of para-hydroxylation sites is 1. The summed E-state index contributed by atoms with van der Waals surface area (Å²) < 4.78 is 31.3. The molecule has 0 aromatic heterocycles. The highest BCUT2D eigenvalue weighted by molar-refractivity contribution is 5.98. The van der Waals surface area contributed by atoms with E-state index in [0.29, 0.717) is 11.4 Å². The van der Waals surface area contributed by atoms with Crippen LogP contribution in [-0.2, 0) is 0 Å². The van der Waals surface area contributed by atoms with Crippen LogP contribution in [0.4, 0.5) is 20.2 Å². The zero-order valence-electron chi connectivity index (χ0n) is 23.4. The van der Waals surface area contributed by atoms with E-state index in [1.165, 1.54) is 16.8 Å². The molecule has 0 spiro atoms. The van der Waals surface area contributed by atoms with Crippen LogP contribution < -0.4 is 4.90 Å². The summed E-state index contributed by atoms with van der Waals surface area (Å²) in [5.74, 6) is -0.801. The molecule has 0 aliphatic carbocycles. The minimum absolute atomic E-state index is 0.327. The molecule has 0 heterocycles. The Labute approximate surface area is 240 Å². The van der Waals surface area contributed by atoms with E-state index in [9.17, 15) is 0 Å². The van der Waals surface area contributed by atoms with Crippen molar-refractivity contribution in [3.63, 3.8) is 0 Å². The van der Waals surface area contributed by atoms with Crippen LogP contribution in [0.2, 0.25) is 0 Å². The number of halogens is 2. The van der Waals surface area contributed by atoms with Crippen molar-refractivity contribution >= 4 is 22.1 Å². The molecule has 0 fully saturated rings. The molecule has 6 aromatic carbocycles. The zero-order valence-corrected chi connectivity index (χ0v) is 23.4. The van der Waals surface area contributed by atoms with Gasteiger partial charge in [0.25, 0.3) is 0 Å². The Morgan fingerprint density at radius 3 is 1.80 bits per heavy atom. The van der Waals surface area contributed by atoms with Gasteiger partial charge in [-0.15, -0.1) is 0 Å². The third kappa shape index (κ3) is 5.12. The summed E-state index contributed by atoms with van der Waals surface area (Å²) in [6.45, 7) is 5.89. The van der Waals surface area contributed by atoms with Crippen molar-refractivity contribution in [1.82, 2.24) is 0 Å². The van der Waals surface area contributed by atoms with Crippen molar-refractivity contribution in [2.75, 3.05) is 4.90 Å². The first-order valence-corrected chi connectivity index (χ1v) is 13.8. The van der Waals surface area contributed by atoms with Gasteiger partial charge in [-0.25, -0.2) is 8.78 Å².